The minimum Gasteiger partial charge on any atom is -0.479 e. The number of carbonyl (C=O) groups is 2. The molecule has 2 atom stereocenters. The van der Waals surface area contributed by atoms with E-state index < -0.39 is 6.10 Å². The lowest BCUT2D eigenvalue weighted by molar-refractivity contribution is -0.133. The molecule has 0 aromatic heterocycles. The minimum atomic E-state index is -0.516. The summed E-state index contributed by atoms with van der Waals surface area (Å²) in [6.07, 6.45) is -0.185. The zero-order valence-electron chi connectivity index (χ0n) is 14.0. The normalized spacial score (nSPS) is 23.2. The van der Waals surface area contributed by atoms with Crippen LogP contribution < -0.4 is 15.0 Å². The van der Waals surface area contributed by atoms with E-state index in [0.717, 1.165) is 25.3 Å². The Morgan fingerprint density at radius 3 is 2.83 bits per heavy atom. The van der Waals surface area contributed by atoms with Crippen LogP contribution in [0.4, 0.5) is 5.69 Å². The molecule has 0 aliphatic carbocycles. The van der Waals surface area contributed by atoms with Crippen LogP contribution in [0, 0.1) is 0 Å². The van der Waals surface area contributed by atoms with Crippen LogP contribution in [0.25, 0.3) is 0 Å². The van der Waals surface area contributed by atoms with Gasteiger partial charge in [0.05, 0.1) is 5.69 Å². The van der Waals surface area contributed by atoms with Crippen molar-refractivity contribution in [1.82, 2.24) is 10.2 Å². The van der Waals surface area contributed by atoms with Crippen LogP contribution in [0.3, 0.4) is 0 Å². The molecule has 2 amide bonds. The molecule has 1 aromatic rings. The molecule has 24 heavy (non-hydrogen) atoms. The summed E-state index contributed by atoms with van der Waals surface area (Å²) in [6.45, 7) is 6.55. The molecular formula is C17H24ClN3O3. The summed E-state index contributed by atoms with van der Waals surface area (Å²) < 4.78 is 5.62. The third-order valence-corrected chi connectivity index (χ3v) is 4.44. The zero-order chi connectivity index (χ0) is 16.4. The minimum absolute atomic E-state index is 0. The van der Waals surface area contributed by atoms with Crippen molar-refractivity contribution in [3.8, 4) is 5.75 Å². The number of nitrogens with zero attached hydrogens (tertiary/aromatic N) is 2. The maximum atomic E-state index is 12.5. The Balaban J connectivity index is 0.00000208. The number of ether oxygens (including phenoxy) is 1. The summed E-state index contributed by atoms with van der Waals surface area (Å²) in [5.41, 5.74) is 0.747. The number of anilines is 1. The van der Waals surface area contributed by atoms with Crippen LogP contribution in [0.5, 0.6) is 5.75 Å². The highest BCUT2D eigenvalue weighted by Crippen LogP contribution is 2.33. The lowest BCUT2D eigenvalue weighted by atomic mass is 10.1. The van der Waals surface area contributed by atoms with Crippen LogP contribution >= 0.6 is 12.4 Å². The first-order chi connectivity index (χ1) is 11.1. The van der Waals surface area contributed by atoms with Crippen molar-refractivity contribution in [3.05, 3.63) is 24.3 Å². The molecule has 0 radical (unpaired) electrons. The van der Waals surface area contributed by atoms with Gasteiger partial charge in [0.15, 0.2) is 6.10 Å². The number of halogens is 1. The van der Waals surface area contributed by atoms with Crippen LogP contribution in [-0.2, 0) is 9.59 Å². The van der Waals surface area contributed by atoms with Crippen molar-refractivity contribution in [2.45, 2.75) is 32.4 Å². The fraction of sp³-hybridized carbons (Fsp3) is 0.529. The molecule has 0 saturated carbocycles. The topological polar surface area (TPSA) is 61.9 Å². The van der Waals surface area contributed by atoms with E-state index >= 15 is 0 Å². The summed E-state index contributed by atoms with van der Waals surface area (Å²) in [4.78, 5) is 28.5. The third kappa shape index (κ3) is 3.65. The van der Waals surface area contributed by atoms with E-state index in [1.165, 1.54) is 0 Å². The molecule has 7 heteroatoms. The molecule has 1 N–H and O–H groups in total. The molecular weight excluding hydrogens is 330 g/mol. The summed E-state index contributed by atoms with van der Waals surface area (Å²) >= 11 is 0. The van der Waals surface area contributed by atoms with E-state index in [4.69, 9.17) is 4.74 Å². The molecule has 2 aliphatic rings. The SMILES string of the molecule is CC1Oc2ccccc2N(CCC(=O)N2CCNC[C@@H]2C)C1=O.Cl. The Bertz CT molecular complexity index is 610. The fourth-order valence-electron chi connectivity index (χ4n) is 3.15. The fourth-order valence-corrected chi connectivity index (χ4v) is 3.15. The summed E-state index contributed by atoms with van der Waals surface area (Å²) in [7, 11) is 0. The second kappa shape index (κ2) is 7.85. The summed E-state index contributed by atoms with van der Waals surface area (Å²) in [6, 6.07) is 7.66. The second-order valence-corrected chi connectivity index (χ2v) is 6.11. The van der Waals surface area contributed by atoms with Gasteiger partial charge in [-0.2, -0.15) is 0 Å². The number of rotatable bonds is 3. The Hall–Kier alpha value is -1.79. The standard InChI is InChI=1S/C17H23N3O3.ClH/c1-12-11-18-8-10-19(12)16(21)7-9-20-14-5-3-4-6-15(14)23-13(2)17(20)22;/h3-6,12-13,18H,7-11H2,1-2H3;1H/t12-,13?;/m0./s1. The van der Waals surface area contributed by atoms with Gasteiger partial charge in [-0.1, -0.05) is 12.1 Å². The molecule has 2 heterocycles. The first-order valence-electron chi connectivity index (χ1n) is 8.15. The van der Waals surface area contributed by atoms with Gasteiger partial charge in [-0.15, -0.1) is 12.4 Å². The molecule has 0 spiro atoms. The van der Waals surface area contributed by atoms with Crippen molar-refractivity contribution in [2.75, 3.05) is 31.1 Å². The van der Waals surface area contributed by atoms with E-state index in [-0.39, 0.29) is 30.3 Å². The van der Waals surface area contributed by atoms with Crippen molar-refractivity contribution >= 4 is 29.9 Å². The zero-order valence-corrected chi connectivity index (χ0v) is 14.8. The van der Waals surface area contributed by atoms with Gasteiger partial charge in [-0.25, -0.2) is 0 Å². The molecule has 132 valence electrons. The van der Waals surface area contributed by atoms with Gasteiger partial charge in [0.25, 0.3) is 5.91 Å². The molecule has 6 nitrogen and oxygen atoms in total. The van der Waals surface area contributed by atoms with E-state index in [1.807, 2.05) is 36.1 Å². The van der Waals surface area contributed by atoms with E-state index in [1.54, 1.807) is 11.8 Å². The predicted octanol–water partition coefficient (Wildman–Crippen LogP) is 1.43. The Labute approximate surface area is 148 Å². The number of para-hydroxylation sites is 2. The molecule has 0 bridgehead atoms. The number of hydrogen-bond acceptors (Lipinski definition) is 4. The van der Waals surface area contributed by atoms with Crippen molar-refractivity contribution in [2.24, 2.45) is 0 Å². The molecule has 1 aromatic carbocycles. The van der Waals surface area contributed by atoms with E-state index in [2.05, 4.69) is 5.32 Å². The maximum absolute atomic E-state index is 12.5. The summed E-state index contributed by atoms with van der Waals surface area (Å²) in [5.74, 6) is 0.705. The van der Waals surface area contributed by atoms with Crippen molar-refractivity contribution in [1.29, 1.82) is 0 Å². The Morgan fingerprint density at radius 1 is 1.33 bits per heavy atom. The quantitative estimate of drug-likeness (QED) is 0.893. The highest BCUT2D eigenvalue weighted by molar-refractivity contribution is 6.00. The largest absolute Gasteiger partial charge is 0.479 e. The monoisotopic (exact) mass is 353 g/mol. The molecule has 3 rings (SSSR count). The van der Waals surface area contributed by atoms with Gasteiger partial charge < -0.3 is 19.9 Å². The van der Waals surface area contributed by atoms with E-state index in [9.17, 15) is 9.59 Å². The van der Waals surface area contributed by atoms with E-state index in [0.29, 0.717) is 18.7 Å². The molecule has 1 fully saturated rings. The number of benzene rings is 1. The average molecular weight is 354 g/mol. The number of nitrogens with one attached hydrogen (secondary N) is 1. The Morgan fingerprint density at radius 2 is 2.08 bits per heavy atom. The second-order valence-electron chi connectivity index (χ2n) is 6.11. The molecule has 1 saturated heterocycles. The van der Waals surface area contributed by atoms with Gasteiger partial charge in [-0.3, -0.25) is 9.59 Å². The number of piperazine rings is 1. The first-order valence-corrected chi connectivity index (χ1v) is 8.15. The van der Waals surface area contributed by atoms with Gasteiger partial charge in [0.2, 0.25) is 5.91 Å². The number of carbonyl (C=O) groups excluding carboxylic acids is 2. The van der Waals surface area contributed by atoms with Gasteiger partial charge in [0.1, 0.15) is 5.75 Å². The highest BCUT2D eigenvalue weighted by atomic mass is 35.5. The highest BCUT2D eigenvalue weighted by Gasteiger charge is 2.32. The number of hydrogen-bond donors (Lipinski definition) is 1. The summed E-state index contributed by atoms with van der Waals surface area (Å²) in [5, 5.41) is 3.28. The van der Waals surface area contributed by atoms with Crippen LogP contribution in [0.1, 0.15) is 20.3 Å². The van der Waals surface area contributed by atoms with Gasteiger partial charge >= 0.3 is 0 Å². The third-order valence-electron chi connectivity index (χ3n) is 4.44. The van der Waals surface area contributed by atoms with Gasteiger partial charge in [0, 0.05) is 38.6 Å². The number of fused-ring (bicyclic) bond motifs is 1. The molecule has 1 unspecified atom stereocenters. The smallest absolute Gasteiger partial charge is 0.267 e. The predicted molar refractivity (Wildman–Crippen MR) is 94.8 cm³/mol. The average Bonchev–Trinajstić information content (AvgIpc) is 2.55. The Kier molecular flexibility index (Phi) is 6.07. The van der Waals surface area contributed by atoms with Gasteiger partial charge in [-0.05, 0) is 26.0 Å². The lowest BCUT2D eigenvalue weighted by Crippen LogP contribution is -2.53. The number of amides is 2. The first kappa shape index (κ1) is 18.5. The van der Waals surface area contributed by atoms with Crippen molar-refractivity contribution < 1.29 is 14.3 Å². The van der Waals surface area contributed by atoms with Crippen molar-refractivity contribution in [3.63, 3.8) is 0 Å². The van der Waals surface area contributed by atoms with Crippen LogP contribution in [0.2, 0.25) is 0 Å². The van der Waals surface area contributed by atoms with Crippen LogP contribution in [-0.4, -0.2) is 55.0 Å². The lowest BCUT2D eigenvalue weighted by Gasteiger charge is -2.36. The maximum Gasteiger partial charge on any atom is 0.267 e. The van der Waals surface area contributed by atoms with Crippen LogP contribution in [0.15, 0.2) is 24.3 Å². The molecule has 2 aliphatic heterocycles.